The molecule has 2 aromatic rings. The maximum Gasteiger partial charge on any atom is 0.246 e. The molecule has 1 saturated heterocycles. The number of anilines is 1. The average Bonchev–Trinajstić information content (AvgIpc) is 2.77. The van der Waals surface area contributed by atoms with E-state index in [4.69, 9.17) is 4.74 Å². The number of allylic oxidation sites excluding steroid dienone is 1. The standard InChI is InChI=1S/C22H23N3O4/c1-16(26)18-5-9-21(23-15-18)24-11-13-25(14-12-24)22(28)10-8-20(27)17-3-6-19(29-2)7-4-17/h3-10,15H,11-14H2,1-2H3/b10-8+. The van der Waals surface area contributed by atoms with E-state index in [-0.39, 0.29) is 17.5 Å². The Hall–Kier alpha value is -3.48. The van der Waals surface area contributed by atoms with Gasteiger partial charge in [0.25, 0.3) is 0 Å². The van der Waals surface area contributed by atoms with E-state index in [0.29, 0.717) is 43.1 Å². The van der Waals surface area contributed by atoms with E-state index in [1.165, 1.54) is 19.1 Å². The van der Waals surface area contributed by atoms with Crippen molar-refractivity contribution in [2.24, 2.45) is 0 Å². The lowest BCUT2D eigenvalue weighted by atomic mass is 10.1. The molecule has 1 aliphatic heterocycles. The predicted octanol–water partition coefficient (Wildman–Crippen LogP) is 2.38. The summed E-state index contributed by atoms with van der Waals surface area (Å²) in [6.07, 6.45) is 4.20. The molecule has 3 rings (SSSR count). The van der Waals surface area contributed by atoms with Crippen LogP contribution in [0.4, 0.5) is 5.82 Å². The molecule has 0 spiro atoms. The number of ketones is 2. The highest BCUT2D eigenvalue weighted by Crippen LogP contribution is 2.15. The molecule has 0 atom stereocenters. The molecule has 7 heteroatoms. The first kappa shape index (κ1) is 20.3. The molecule has 0 N–H and O–H groups in total. The fourth-order valence-electron chi connectivity index (χ4n) is 3.04. The second-order valence-electron chi connectivity index (χ2n) is 6.70. The fourth-order valence-corrected chi connectivity index (χ4v) is 3.04. The Morgan fingerprint density at radius 2 is 1.59 bits per heavy atom. The van der Waals surface area contributed by atoms with Gasteiger partial charge >= 0.3 is 0 Å². The van der Waals surface area contributed by atoms with Crippen LogP contribution in [0.1, 0.15) is 27.6 Å². The Balaban J connectivity index is 1.53. The molecule has 0 aliphatic carbocycles. The number of nitrogens with zero attached hydrogens (tertiary/aromatic N) is 3. The first-order valence-corrected chi connectivity index (χ1v) is 9.35. The smallest absolute Gasteiger partial charge is 0.246 e. The van der Waals surface area contributed by atoms with Crippen molar-refractivity contribution in [3.05, 3.63) is 65.9 Å². The van der Waals surface area contributed by atoms with Crippen molar-refractivity contribution in [2.45, 2.75) is 6.92 Å². The third-order valence-electron chi connectivity index (χ3n) is 4.82. The van der Waals surface area contributed by atoms with Crippen LogP contribution in [0.2, 0.25) is 0 Å². The molecular formula is C22H23N3O4. The zero-order valence-electron chi connectivity index (χ0n) is 16.5. The quantitative estimate of drug-likeness (QED) is 0.554. The number of pyridine rings is 1. The predicted molar refractivity (Wildman–Crippen MR) is 109 cm³/mol. The molecule has 1 aromatic heterocycles. The number of benzene rings is 1. The van der Waals surface area contributed by atoms with Gasteiger partial charge < -0.3 is 14.5 Å². The molecule has 2 heterocycles. The summed E-state index contributed by atoms with van der Waals surface area (Å²) in [7, 11) is 1.56. The van der Waals surface area contributed by atoms with Crippen LogP contribution in [0.25, 0.3) is 0 Å². The van der Waals surface area contributed by atoms with Gasteiger partial charge in [0.15, 0.2) is 11.6 Å². The number of aromatic nitrogens is 1. The van der Waals surface area contributed by atoms with E-state index in [0.717, 1.165) is 5.82 Å². The maximum atomic E-state index is 12.4. The largest absolute Gasteiger partial charge is 0.497 e. The molecule has 29 heavy (non-hydrogen) atoms. The van der Waals surface area contributed by atoms with Gasteiger partial charge in [-0.05, 0) is 49.4 Å². The number of carbonyl (C=O) groups excluding carboxylic acids is 3. The summed E-state index contributed by atoms with van der Waals surface area (Å²) in [6, 6.07) is 10.3. The van der Waals surface area contributed by atoms with Gasteiger partial charge in [-0.15, -0.1) is 0 Å². The number of ether oxygens (including phenoxy) is 1. The van der Waals surface area contributed by atoms with Crippen LogP contribution < -0.4 is 9.64 Å². The molecule has 0 saturated carbocycles. The van der Waals surface area contributed by atoms with Gasteiger partial charge in [-0.2, -0.15) is 0 Å². The number of rotatable bonds is 6. The third-order valence-corrected chi connectivity index (χ3v) is 4.82. The third kappa shape index (κ3) is 5.07. The minimum absolute atomic E-state index is 0.0181. The van der Waals surface area contributed by atoms with Crippen LogP contribution >= 0.6 is 0 Å². The van der Waals surface area contributed by atoms with Crippen LogP contribution in [-0.4, -0.2) is 60.6 Å². The van der Waals surface area contributed by atoms with Crippen LogP contribution in [0, 0.1) is 0 Å². The van der Waals surface area contributed by atoms with Gasteiger partial charge in [0, 0.05) is 49.6 Å². The van der Waals surface area contributed by atoms with E-state index < -0.39 is 0 Å². The lowest BCUT2D eigenvalue weighted by Crippen LogP contribution is -2.48. The van der Waals surface area contributed by atoms with Crippen LogP contribution in [0.15, 0.2) is 54.7 Å². The summed E-state index contributed by atoms with van der Waals surface area (Å²) in [5.41, 5.74) is 1.08. The highest BCUT2D eigenvalue weighted by Gasteiger charge is 2.20. The molecule has 1 aromatic carbocycles. The number of methoxy groups -OCH3 is 1. The van der Waals surface area contributed by atoms with Crippen molar-refractivity contribution < 1.29 is 19.1 Å². The number of hydrogen-bond acceptors (Lipinski definition) is 6. The number of hydrogen-bond donors (Lipinski definition) is 0. The normalized spacial score (nSPS) is 14.1. The van der Waals surface area contributed by atoms with Crippen molar-refractivity contribution >= 4 is 23.3 Å². The van der Waals surface area contributed by atoms with Gasteiger partial charge in [0.2, 0.25) is 5.91 Å². The summed E-state index contributed by atoms with van der Waals surface area (Å²) in [5.74, 6) is 1.02. The van der Waals surface area contributed by atoms with Crippen molar-refractivity contribution in [3.63, 3.8) is 0 Å². The van der Waals surface area contributed by atoms with Gasteiger partial charge in [0.1, 0.15) is 11.6 Å². The Kier molecular flexibility index (Phi) is 6.39. The van der Waals surface area contributed by atoms with Gasteiger partial charge in [-0.3, -0.25) is 14.4 Å². The maximum absolute atomic E-state index is 12.4. The molecule has 0 radical (unpaired) electrons. The zero-order valence-corrected chi connectivity index (χ0v) is 16.5. The first-order chi connectivity index (χ1) is 14.0. The molecule has 150 valence electrons. The average molecular weight is 393 g/mol. The van der Waals surface area contributed by atoms with Crippen molar-refractivity contribution in [3.8, 4) is 5.75 Å². The van der Waals surface area contributed by atoms with Gasteiger partial charge in [-0.25, -0.2) is 4.98 Å². The second kappa shape index (κ2) is 9.14. The minimum atomic E-state index is -0.227. The van der Waals surface area contributed by atoms with E-state index in [2.05, 4.69) is 9.88 Å². The van der Waals surface area contributed by atoms with E-state index >= 15 is 0 Å². The lowest BCUT2D eigenvalue weighted by molar-refractivity contribution is -0.126. The lowest BCUT2D eigenvalue weighted by Gasteiger charge is -2.35. The molecule has 7 nitrogen and oxygen atoms in total. The molecule has 0 unspecified atom stereocenters. The van der Waals surface area contributed by atoms with Crippen molar-refractivity contribution in [1.29, 1.82) is 0 Å². The Labute approximate surface area is 169 Å². The van der Waals surface area contributed by atoms with Crippen LogP contribution in [-0.2, 0) is 4.79 Å². The van der Waals surface area contributed by atoms with E-state index in [9.17, 15) is 14.4 Å². The SMILES string of the molecule is COc1ccc(C(=O)/C=C/C(=O)N2CCN(c3ccc(C(C)=O)cn3)CC2)cc1. The van der Waals surface area contributed by atoms with Crippen molar-refractivity contribution in [2.75, 3.05) is 38.2 Å². The molecule has 1 fully saturated rings. The van der Waals surface area contributed by atoms with Crippen LogP contribution in [0.5, 0.6) is 5.75 Å². The number of Topliss-reactive ketones (excluding diaryl/α,β-unsaturated/α-hetero) is 1. The highest BCUT2D eigenvalue weighted by molar-refractivity contribution is 6.07. The van der Waals surface area contributed by atoms with Gasteiger partial charge in [0.05, 0.1) is 7.11 Å². The summed E-state index contributed by atoms with van der Waals surface area (Å²) in [5, 5.41) is 0. The van der Waals surface area contributed by atoms with E-state index in [1.54, 1.807) is 48.5 Å². The topological polar surface area (TPSA) is 79.8 Å². The second-order valence-corrected chi connectivity index (χ2v) is 6.70. The molecule has 1 amide bonds. The van der Waals surface area contributed by atoms with Crippen LogP contribution in [0.3, 0.4) is 0 Å². The fraction of sp³-hybridized carbons (Fsp3) is 0.273. The molecule has 1 aliphatic rings. The highest BCUT2D eigenvalue weighted by atomic mass is 16.5. The Morgan fingerprint density at radius 3 is 2.14 bits per heavy atom. The Bertz CT molecular complexity index is 912. The minimum Gasteiger partial charge on any atom is -0.497 e. The van der Waals surface area contributed by atoms with Crippen molar-refractivity contribution in [1.82, 2.24) is 9.88 Å². The summed E-state index contributed by atoms with van der Waals surface area (Å²) >= 11 is 0. The monoisotopic (exact) mass is 393 g/mol. The summed E-state index contributed by atoms with van der Waals surface area (Å²) in [4.78, 5) is 44.1. The van der Waals surface area contributed by atoms with E-state index in [1.807, 2.05) is 6.07 Å². The van der Waals surface area contributed by atoms with Gasteiger partial charge in [-0.1, -0.05) is 0 Å². The zero-order chi connectivity index (χ0) is 20.8. The first-order valence-electron chi connectivity index (χ1n) is 9.35. The molecule has 0 bridgehead atoms. The molecular weight excluding hydrogens is 370 g/mol. The number of amides is 1. The summed E-state index contributed by atoms with van der Waals surface area (Å²) in [6.45, 7) is 3.86. The Morgan fingerprint density at radius 1 is 0.931 bits per heavy atom. The number of carbonyl (C=O) groups is 3. The number of piperazine rings is 1. The summed E-state index contributed by atoms with van der Waals surface area (Å²) < 4.78 is 5.07.